The summed E-state index contributed by atoms with van der Waals surface area (Å²) in [7, 11) is 0. The van der Waals surface area contributed by atoms with Gasteiger partial charge in [-0.15, -0.1) is 0 Å². The Morgan fingerprint density at radius 2 is 2.00 bits per heavy atom. The molecular weight excluding hydrogens is 318 g/mol. The molecule has 3 nitrogen and oxygen atoms in total. The van der Waals surface area contributed by atoms with Crippen molar-refractivity contribution < 1.29 is 9.47 Å². The smallest absolute Gasteiger partial charge is 0.0977 e. The second kappa shape index (κ2) is 9.50. The molecule has 0 aliphatic rings. The van der Waals surface area contributed by atoms with Gasteiger partial charge in [-0.3, -0.25) is 0 Å². The third kappa shape index (κ3) is 6.35. The van der Waals surface area contributed by atoms with E-state index in [2.05, 4.69) is 48.8 Å². The maximum Gasteiger partial charge on any atom is 0.0977 e. The number of halogens is 1. The van der Waals surface area contributed by atoms with E-state index >= 15 is 0 Å². The predicted octanol–water partition coefficient (Wildman–Crippen LogP) is 3.92. The average Bonchev–Trinajstić information content (AvgIpc) is 2.41. The summed E-state index contributed by atoms with van der Waals surface area (Å²) in [4.78, 5) is 0. The van der Waals surface area contributed by atoms with Crippen LogP contribution in [0.5, 0.6) is 0 Å². The first-order valence-corrected chi connectivity index (χ1v) is 8.04. The molecule has 0 saturated carbocycles. The van der Waals surface area contributed by atoms with Gasteiger partial charge < -0.3 is 15.2 Å². The van der Waals surface area contributed by atoms with Gasteiger partial charge in [0, 0.05) is 17.1 Å². The highest BCUT2D eigenvalue weighted by Crippen LogP contribution is 2.24. The molecular formula is C16H26BrNO2. The van der Waals surface area contributed by atoms with Gasteiger partial charge in [-0.25, -0.2) is 0 Å². The van der Waals surface area contributed by atoms with E-state index in [1.807, 2.05) is 12.1 Å². The Balaban J connectivity index is 2.53. The van der Waals surface area contributed by atoms with Crippen molar-refractivity contribution in [2.24, 2.45) is 11.7 Å². The van der Waals surface area contributed by atoms with Gasteiger partial charge in [0.05, 0.1) is 19.3 Å². The molecule has 1 aromatic rings. The quantitative estimate of drug-likeness (QED) is 0.691. The van der Waals surface area contributed by atoms with Gasteiger partial charge in [0.2, 0.25) is 0 Å². The summed E-state index contributed by atoms with van der Waals surface area (Å²) < 4.78 is 12.5. The Labute approximate surface area is 131 Å². The van der Waals surface area contributed by atoms with E-state index in [4.69, 9.17) is 15.2 Å². The largest absolute Gasteiger partial charge is 0.379 e. The monoisotopic (exact) mass is 343 g/mol. The van der Waals surface area contributed by atoms with Crippen LogP contribution in [0, 0.1) is 5.92 Å². The lowest BCUT2D eigenvalue weighted by atomic mass is 10.0. The summed E-state index contributed by atoms with van der Waals surface area (Å²) in [5.74, 6) is 0.550. The minimum absolute atomic E-state index is 0.00519. The molecule has 2 atom stereocenters. The zero-order valence-electron chi connectivity index (χ0n) is 12.6. The molecule has 1 rings (SSSR count). The zero-order chi connectivity index (χ0) is 15.0. The van der Waals surface area contributed by atoms with Gasteiger partial charge in [0.15, 0.2) is 0 Å². The maximum atomic E-state index is 6.18. The van der Waals surface area contributed by atoms with Crippen LogP contribution in [-0.2, 0) is 9.47 Å². The van der Waals surface area contributed by atoms with Gasteiger partial charge in [-0.2, -0.15) is 0 Å². The Morgan fingerprint density at radius 3 is 2.60 bits per heavy atom. The van der Waals surface area contributed by atoms with Crippen molar-refractivity contribution in [2.75, 3.05) is 19.8 Å². The number of ether oxygens (including phenoxy) is 2. The topological polar surface area (TPSA) is 44.5 Å². The van der Waals surface area contributed by atoms with Crippen LogP contribution in [0.4, 0.5) is 0 Å². The highest BCUT2D eigenvalue weighted by atomic mass is 79.9. The first-order valence-electron chi connectivity index (χ1n) is 7.25. The van der Waals surface area contributed by atoms with Crippen LogP contribution < -0.4 is 5.73 Å². The van der Waals surface area contributed by atoms with E-state index in [-0.39, 0.29) is 12.1 Å². The summed E-state index contributed by atoms with van der Waals surface area (Å²) in [6, 6.07) is 8.13. The molecule has 0 aliphatic carbocycles. The molecule has 0 bridgehead atoms. The fraction of sp³-hybridized carbons (Fsp3) is 0.625. The molecule has 0 fully saturated rings. The van der Waals surface area contributed by atoms with Crippen molar-refractivity contribution in [2.45, 2.75) is 39.3 Å². The molecule has 0 spiro atoms. The molecule has 0 saturated heterocycles. The molecule has 0 radical (unpaired) electrons. The third-order valence-electron chi connectivity index (χ3n) is 3.01. The van der Waals surface area contributed by atoms with Crippen LogP contribution >= 0.6 is 15.9 Å². The lowest BCUT2D eigenvalue weighted by Crippen LogP contribution is -2.30. The van der Waals surface area contributed by atoms with E-state index in [0.29, 0.717) is 19.1 Å². The molecule has 2 unspecified atom stereocenters. The molecule has 20 heavy (non-hydrogen) atoms. The van der Waals surface area contributed by atoms with Crippen LogP contribution in [0.2, 0.25) is 0 Å². The minimum atomic E-state index is -0.0832. The summed E-state index contributed by atoms with van der Waals surface area (Å²) in [5.41, 5.74) is 7.29. The van der Waals surface area contributed by atoms with Gasteiger partial charge in [0.25, 0.3) is 0 Å². The Kier molecular flexibility index (Phi) is 8.38. The van der Waals surface area contributed by atoms with Crippen molar-refractivity contribution in [3.05, 3.63) is 34.3 Å². The molecule has 2 N–H and O–H groups in total. The van der Waals surface area contributed by atoms with Crippen LogP contribution in [0.1, 0.15) is 38.9 Å². The molecule has 0 aliphatic heterocycles. The van der Waals surface area contributed by atoms with E-state index in [9.17, 15) is 0 Å². The van der Waals surface area contributed by atoms with Crippen LogP contribution in [-0.4, -0.2) is 25.9 Å². The maximum absolute atomic E-state index is 6.18. The van der Waals surface area contributed by atoms with Crippen LogP contribution in [0.3, 0.4) is 0 Å². The fourth-order valence-electron chi connectivity index (χ4n) is 1.92. The number of hydrogen-bond acceptors (Lipinski definition) is 3. The number of hydrogen-bond donors (Lipinski definition) is 1. The average molecular weight is 344 g/mol. The summed E-state index contributed by atoms with van der Waals surface area (Å²) in [5, 5.41) is 0. The fourth-order valence-corrected chi connectivity index (χ4v) is 2.33. The molecule has 0 amide bonds. The second-order valence-corrected chi connectivity index (χ2v) is 6.30. The van der Waals surface area contributed by atoms with E-state index < -0.39 is 0 Å². The SMILES string of the molecule is CCC(N)C(OCCOCC(C)C)c1cccc(Br)c1. The second-order valence-electron chi connectivity index (χ2n) is 5.39. The van der Waals surface area contributed by atoms with Crippen molar-refractivity contribution in [3.63, 3.8) is 0 Å². The predicted molar refractivity (Wildman–Crippen MR) is 86.8 cm³/mol. The molecule has 1 aromatic carbocycles. The Morgan fingerprint density at radius 1 is 1.25 bits per heavy atom. The number of benzene rings is 1. The van der Waals surface area contributed by atoms with E-state index in [1.165, 1.54) is 0 Å². The Hall–Kier alpha value is -0.420. The van der Waals surface area contributed by atoms with Crippen molar-refractivity contribution in [1.29, 1.82) is 0 Å². The third-order valence-corrected chi connectivity index (χ3v) is 3.51. The highest BCUT2D eigenvalue weighted by molar-refractivity contribution is 9.10. The van der Waals surface area contributed by atoms with Gasteiger partial charge in [0.1, 0.15) is 0 Å². The zero-order valence-corrected chi connectivity index (χ0v) is 14.2. The van der Waals surface area contributed by atoms with Gasteiger partial charge in [-0.05, 0) is 30.0 Å². The minimum Gasteiger partial charge on any atom is -0.379 e. The molecule has 0 heterocycles. The Bertz CT molecular complexity index is 384. The van der Waals surface area contributed by atoms with Crippen molar-refractivity contribution >= 4 is 15.9 Å². The summed E-state index contributed by atoms with van der Waals surface area (Å²) in [6.45, 7) is 8.30. The van der Waals surface area contributed by atoms with Crippen LogP contribution in [0.15, 0.2) is 28.7 Å². The van der Waals surface area contributed by atoms with Crippen LogP contribution in [0.25, 0.3) is 0 Å². The molecule has 4 heteroatoms. The first-order chi connectivity index (χ1) is 9.54. The summed E-state index contributed by atoms with van der Waals surface area (Å²) in [6.07, 6.45) is 0.796. The van der Waals surface area contributed by atoms with E-state index in [0.717, 1.165) is 23.1 Å². The first kappa shape index (κ1) is 17.6. The molecule has 114 valence electrons. The van der Waals surface area contributed by atoms with Crippen molar-refractivity contribution in [1.82, 2.24) is 0 Å². The van der Waals surface area contributed by atoms with E-state index in [1.54, 1.807) is 0 Å². The standard InChI is InChI=1S/C16H26BrNO2/c1-4-15(18)16(13-6-5-7-14(17)10-13)20-9-8-19-11-12(2)3/h5-7,10,12,15-16H,4,8-9,11,18H2,1-3H3. The number of rotatable bonds is 9. The van der Waals surface area contributed by atoms with Crippen molar-refractivity contribution in [3.8, 4) is 0 Å². The summed E-state index contributed by atoms with van der Waals surface area (Å²) >= 11 is 3.49. The number of nitrogens with two attached hydrogens (primary N) is 1. The normalized spacial score (nSPS) is 14.5. The van der Waals surface area contributed by atoms with Gasteiger partial charge >= 0.3 is 0 Å². The lowest BCUT2D eigenvalue weighted by molar-refractivity contribution is -0.0123. The highest BCUT2D eigenvalue weighted by Gasteiger charge is 2.19. The molecule has 0 aromatic heterocycles. The lowest BCUT2D eigenvalue weighted by Gasteiger charge is -2.24. The van der Waals surface area contributed by atoms with Gasteiger partial charge in [-0.1, -0.05) is 48.8 Å².